The predicted molar refractivity (Wildman–Crippen MR) is 110 cm³/mol. The van der Waals surface area contributed by atoms with E-state index in [2.05, 4.69) is 32.3 Å². The van der Waals surface area contributed by atoms with E-state index in [1.165, 1.54) is 9.40 Å². The molecule has 0 unspecified atom stereocenters. The molecule has 4 nitrogen and oxygen atoms in total. The summed E-state index contributed by atoms with van der Waals surface area (Å²) >= 11 is 6.43. The molecule has 0 N–H and O–H groups in total. The lowest BCUT2D eigenvalue weighted by Gasteiger charge is -1.98. The van der Waals surface area contributed by atoms with Crippen molar-refractivity contribution in [3.63, 3.8) is 0 Å². The van der Waals surface area contributed by atoms with Gasteiger partial charge in [-0.25, -0.2) is 9.97 Å². The molecular weight excluding hydrogens is 400 g/mol. The standard InChI is InChI=1S/C18H10N4S4/c1-3-7-13-11(5-1)19-17(23-13)25-15-9-10-16(22-21-15)26-18-20-12-6-2-4-8-14(12)24-18/h1-10H. The molecule has 0 aliphatic heterocycles. The van der Waals surface area contributed by atoms with Gasteiger partial charge in [0.1, 0.15) is 10.1 Å². The second-order valence-corrected chi connectivity index (χ2v) is 9.91. The van der Waals surface area contributed by atoms with Gasteiger partial charge in [0.05, 0.1) is 20.4 Å². The van der Waals surface area contributed by atoms with E-state index < -0.39 is 0 Å². The summed E-state index contributed by atoms with van der Waals surface area (Å²) in [4.78, 5) is 9.25. The van der Waals surface area contributed by atoms with Crippen molar-refractivity contribution in [1.82, 2.24) is 20.2 Å². The third-order valence-electron chi connectivity index (χ3n) is 3.55. The molecule has 3 heterocycles. The van der Waals surface area contributed by atoms with Crippen LogP contribution in [0.1, 0.15) is 0 Å². The van der Waals surface area contributed by atoms with Crippen LogP contribution in [0.2, 0.25) is 0 Å². The van der Waals surface area contributed by atoms with Crippen molar-refractivity contribution in [2.45, 2.75) is 18.7 Å². The quantitative estimate of drug-likeness (QED) is 0.362. The fourth-order valence-electron chi connectivity index (χ4n) is 2.39. The Bertz CT molecular complexity index is 1040. The zero-order chi connectivity index (χ0) is 17.3. The summed E-state index contributed by atoms with van der Waals surface area (Å²) in [6.07, 6.45) is 0. The molecular formula is C18H10N4S4. The van der Waals surface area contributed by atoms with Crippen molar-refractivity contribution in [3.8, 4) is 0 Å². The Morgan fingerprint density at radius 3 is 1.46 bits per heavy atom. The summed E-state index contributed by atoms with van der Waals surface area (Å²) in [5, 5.41) is 10.3. The third kappa shape index (κ3) is 3.33. The van der Waals surface area contributed by atoms with Gasteiger partial charge in [0, 0.05) is 0 Å². The van der Waals surface area contributed by atoms with E-state index >= 15 is 0 Å². The summed E-state index contributed by atoms with van der Waals surface area (Å²) in [6, 6.07) is 20.3. The molecule has 0 aliphatic rings. The zero-order valence-electron chi connectivity index (χ0n) is 13.2. The molecule has 0 amide bonds. The Morgan fingerprint density at radius 1 is 0.577 bits per heavy atom. The largest absolute Gasteiger partial charge is 0.229 e. The average molecular weight is 411 g/mol. The number of para-hydroxylation sites is 2. The molecule has 0 saturated carbocycles. The number of rotatable bonds is 4. The number of nitrogens with zero attached hydrogens (tertiary/aromatic N) is 4. The molecule has 26 heavy (non-hydrogen) atoms. The molecule has 0 spiro atoms. The summed E-state index contributed by atoms with van der Waals surface area (Å²) < 4.78 is 4.33. The minimum Gasteiger partial charge on any atom is -0.229 e. The lowest BCUT2D eigenvalue weighted by molar-refractivity contribution is 0.854. The third-order valence-corrected chi connectivity index (χ3v) is 7.60. The number of hydrogen-bond donors (Lipinski definition) is 0. The maximum Gasteiger partial charge on any atom is 0.157 e. The molecule has 5 rings (SSSR count). The van der Waals surface area contributed by atoms with Crippen molar-refractivity contribution in [1.29, 1.82) is 0 Å². The van der Waals surface area contributed by atoms with Crippen molar-refractivity contribution >= 4 is 66.6 Å². The van der Waals surface area contributed by atoms with Crippen LogP contribution in [0, 0.1) is 0 Å². The van der Waals surface area contributed by atoms with E-state index in [9.17, 15) is 0 Å². The van der Waals surface area contributed by atoms with Gasteiger partial charge in [-0.2, -0.15) is 0 Å². The highest BCUT2D eigenvalue weighted by Gasteiger charge is 2.09. The van der Waals surface area contributed by atoms with Crippen molar-refractivity contribution < 1.29 is 0 Å². The van der Waals surface area contributed by atoms with Gasteiger partial charge in [-0.3, -0.25) is 0 Å². The first-order valence-corrected chi connectivity index (χ1v) is 11.0. The van der Waals surface area contributed by atoms with E-state index in [1.807, 2.05) is 48.5 Å². The number of benzene rings is 2. The van der Waals surface area contributed by atoms with Crippen LogP contribution < -0.4 is 0 Å². The van der Waals surface area contributed by atoms with Gasteiger partial charge < -0.3 is 0 Å². The predicted octanol–water partition coefficient (Wildman–Crippen LogP) is 6.00. The first-order chi connectivity index (χ1) is 12.8. The van der Waals surface area contributed by atoms with E-state index in [1.54, 1.807) is 46.2 Å². The molecule has 0 aliphatic carbocycles. The normalized spacial score (nSPS) is 11.4. The highest BCUT2D eigenvalue weighted by Crippen LogP contribution is 2.35. The number of thiazole rings is 2. The highest BCUT2D eigenvalue weighted by atomic mass is 32.2. The lowest BCUT2D eigenvalue weighted by atomic mass is 10.3. The van der Waals surface area contributed by atoms with E-state index in [-0.39, 0.29) is 0 Å². The van der Waals surface area contributed by atoms with E-state index in [0.717, 1.165) is 29.8 Å². The van der Waals surface area contributed by atoms with Crippen LogP contribution in [-0.2, 0) is 0 Å². The van der Waals surface area contributed by atoms with E-state index in [4.69, 9.17) is 0 Å². The molecule has 5 aromatic rings. The fraction of sp³-hybridized carbons (Fsp3) is 0. The van der Waals surface area contributed by atoms with Gasteiger partial charge in [-0.1, -0.05) is 24.3 Å². The molecule has 2 aromatic carbocycles. The van der Waals surface area contributed by atoms with Crippen LogP contribution in [-0.4, -0.2) is 20.2 Å². The van der Waals surface area contributed by atoms with Gasteiger partial charge >= 0.3 is 0 Å². The maximum atomic E-state index is 4.62. The Labute approximate surface area is 165 Å². The fourth-order valence-corrected chi connectivity index (χ4v) is 6.24. The Kier molecular flexibility index (Phi) is 4.33. The average Bonchev–Trinajstić information content (AvgIpc) is 3.25. The van der Waals surface area contributed by atoms with Crippen molar-refractivity contribution in [3.05, 3.63) is 60.7 Å². The Morgan fingerprint density at radius 2 is 1.04 bits per heavy atom. The minimum absolute atomic E-state index is 0.845. The van der Waals surface area contributed by atoms with Gasteiger partial charge in [-0.15, -0.1) is 32.9 Å². The molecule has 3 aromatic heterocycles. The maximum absolute atomic E-state index is 4.62. The minimum atomic E-state index is 0.845. The molecule has 0 bridgehead atoms. The topological polar surface area (TPSA) is 51.6 Å². The number of fused-ring (bicyclic) bond motifs is 2. The number of aromatic nitrogens is 4. The van der Waals surface area contributed by atoms with Gasteiger partial charge in [-0.05, 0) is 59.9 Å². The lowest BCUT2D eigenvalue weighted by Crippen LogP contribution is -1.87. The van der Waals surface area contributed by atoms with Crippen molar-refractivity contribution in [2.75, 3.05) is 0 Å². The molecule has 8 heteroatoms. The van der Waals surface area contributed by atoms with Crippen LogP contribution >= 0.6 is 46.2 Å². The van der Waals surface area contributed by atoms with Crippen LogP contribution in [0.3, 0.4) is 0 Å². The Balaban J connectivity index is 1.33. The van der Waals surface area contributed by atoms with E-state index in [0.29, 0.717) is 0 Å². The van der Waals surface area contributed by atoms with Crippen molar-refractivity contribution in [2.24, 2.45) is 0 Å². The summed E-state index contributed by atoms with van der Waals surface area (Å²) in [7, 11) is 0. The SMILES string of the molecule is c1ccc2sc(Sc3ccc(Sc4nc5ccccc5s4)nn3)nc2c1. The second-order valence-electron chi connectivity index (χ2n) is 5.31. The molecule has 0 saturated heterocycles. The monoisotopic (exact) mass is 410 g/mol. The van der Waals surface area contributed by atoms with Gasteiger partial charge in [0.25, 0.3) is 0 Å². The zero-order valence-corrected chi connectivity index (χ0v) is 16.5. The Hall–Kier alpha value is -2.00. The molecule has 0 atom stereocenters. The van der Waals surface area contributed by atoms with Crippen LogP contribution in [0.5, 0.6) is 0 Å². The van der Waals surface area contributed by atoms with Gasteiger partial charge in [0.2, 0.25) is 0 Å². The number of hydrogen-bond acceptors (Lipinski definition) is 8. The van der Waals surface area contributed by atoms with Crippen LogP contribution in [0.15, 0.2) is 79.4 Å². The first-order valence-electron chi connectivity index (χ1n) is 7.74. The molecule has 0 fully saturated rings. The van der Waals surface area contributed by atoms with Crippen LogP contribution in [0.4, 0.5) is 0 Å². The smallest absolute Gasteiger partial charge is 0.157 e. The van der Waals surface area contributed by atoms with Crippen LogP contribution in [0.25, 0.3) is 20.4 Å². The summed E-state index contributed by atoms with van der Waals surface area (Å²) in [6.45, 7) is 0. The van der Waals surface area contributed by atoms with Gasteiger partial charge in [0.15, 0.2) is 8.68 Å². The second kappa shape index (κ2) is 6.96. The summed E-state index contributed by atoms with van der Waals surface area (Å²) in [5.41, 5.74) is 2.05. The molecule has 126 valence electrons. The highest BCUT2D eigenvalue weighted by molar-refractivity contribution is 8.01. The summed E-state index contributed by atoms with van der Waals surface area (Å²) in [5.74, 6) is 0. The first kappa shape index (κ1) is 16.2. The molecule has 0 radical (unpaired) electrons.